The second-order valence-corrected chi connectivity index (χ2v) is 14.8. The first-order chi connectivity index (χ1) is 15.0. The molecule has 35 heavy (non-hydrogen) atoms. The van der Waals surface area contributed by atoms with Crippen molar-refractivity contribution in [3.8, 4) is 0 Å². The normalized spacial score (nSPS) is 13.7. The Morgan fingerprint density at radius 1 is 0.657 bits per heavy atom. The van der Waals surface area contributed by atoms with Gasteiger partial charge in [-0.3, -0.25) is 4.52 Å². The van der Waals surface area contributed by atoms with E-state index in [0.717, 1.165) is 22.3 Å². The van der Waals surface area contributed by atoms with Gasteiger partial charge in [-0.05, 0) is 55.0 Å². The van der Waals surface area contributed by atoms with Crippen LogP contribution < -0.4 is 18.9 Å². The fourth-order valence-electron chi connectivity index (χ4n) is 4.22. The van der Waals surface area contributed by atoms with Crippen LogP contribution in [0.15, 0.2) is 36.4 Å². The van der Waals surface area contributed by atoms with Crippen molar-refractivity contribution in [2.24, 2.45) is 0 Å². The molecule has 0 saturated carbocycles. The second-order valence-electron chi connectivity index (χ2n) is 13.6. The standard InChI is InChI=1S/C29H45O4P.Li.H/c1-26(2,3)19-13-15-21(23(17-19)28(7,8)9)25(33-34(30,31)32)22-16-14-20(27(4,5)6)18-24(22)29(10,11)12;;/h13-18,25H,1-12H3,(H2,30,31,32);;/q;+1;-1. The maximum Gasteiger partial charge on any atom is 1.00 e. The van der Waals surface area contributed by atoms with Crippen LogP contribution in [0.1, 0.15) is 124 Å². The summed E-state index contributed by atoms with van der Waals surface area (Å²) in [7, 11) is -4.79. The van der Waals surface area contributed by atoms with Gasteiger partial charge in [0.05, 0.1) is 0 Å². The molecule has 2 rings (SSSR count). The second kappa shape index (κ2) is 10.5. The van der Waals surface area contributed by atoms with Crippen molar-refractivity contribution >= 4 is 7.82 Å². The zero-order valence-electron chi connectivity index (χ0n) is 25.2. The molecule has 0 fully saturated rings. The van der Waals surface area contributed by atoms with Crippen LogP contribution in [0.4, 0.5) is 0 Å². The van der Waals surface area contributed by atoms with Gasteiger partial charge in [0, 0.05) is 0 Å². The summed E-state index contributed by atoms with van der Waals surface area (Å²) < 4.78 is 17.8. The van der Waals surface area contributed by atoms with E-state index in [1.165, 1.54) is 11.1 Å². The molecule has 0 atom stereocenters. The number of benzene rings is 2. The van der Waals surface area contributed by atoms with Crippen LogP contribution in [0.5, 0.6) is 0 Å². The minimum absolute atomic E-state index is 0. The third-order valence-corrected chi connectivity index (χ3v) is 6.75. The van der Waals surface area contributed by atoms with E-state index in [-0.39, 0.29) is 41.9 Å². The molecule has 2 N–H and O–H groups in total. The first kappa shape index (κ1) is 32.2. The summed E-state index contributed by atoms with van der Waals surface area (Å²) in [5.74, 6) is 0. The molecular weight excluding hydrogens is 450 g/mol. The summed E-state index contributed by atoms with van der Waals surface area (Å²) in [6.07, 6.45) is -0.896. The van der Waals surface area contributed by atoms with Gasteiger partial charge in [-0.15, -0.1) is 0 Å². The van der Waals surface area contributed by atoms with E-state index in [1.54, 1.807) is 0 Å². The van der Waals surface area contributed by atoms with Crippen molar-refractivity contribution in [1.29, 1.82) is 0 Å². The predicted molar refractivity (Wildman–Crippen MR) is 144 cm³/mol. The zero-order chi connectivity index (χ0) is 26.5. The SMILES string of the molecule is CC(C)(C)c1ccc(C(OP(=O)(O)O)c2ccc(C(C)(C)C)cc2C(C)(C)C)c(C(C)(C)C)c1.[H-].[Li+]. The van der Waals surface area contributed by atoms with Crippen molar-refractivity contribution in [2.75, 3.05) is 0 Å². The van der Waals surface area contributed by atoms with Crippen molar-refractivity contribution in [1.82, 2.24) is 0 Å². The topological polar surface area (TPSA) is 66.8 Å². The number of phosphoric acid groups is 1. The molecule has 0 saturated heterocycles. The minimum Gasteiger partial charge on any atom is -1.00 e. The third kappa shape index (κ3) is 8.33. The molecule has 2 aromatic carbocycles. The Hall–Kier alpha value is -0.853. The maximum atomic E-state index is 12.2. The van der Waals surface area contributed by atoms with Gasteiger partial charge in [0.15, 0.2) is 0 Å². The monoisotopic (exact) mass is 496 g/mol. The van der Waals surface area contributed by atoms with Crippen LogP contribution in [0.25, 0.3) is 0 Å². The number of hydrogen-bond acceptors (Lipinski definition) is 2. The number of hydrogen-bond donors (Lipinski definition) is 2. The molecule has 0 bridgehead atoms. The Morgan fingerprint density at radius 2 is 0.971 bits per heavy atom. The van der Waals surface area contributed by atoms with E-state index >= 15 is 0 Å². The minimum atomic E-state index is -4.79. The fraction of sp³-hybridized carbons (Fsp3) is 0.586. The van der Waals surface area contributed by atoms with Crippen LogP contribution >= 0.6 is 7.82 Å². The molecule has 0 heterocycles. The van der Waals surface area contributed by atoms with Crippen LogP contribution in [0.2, 0.25) is 0 Å². The molecule has 0 aromatic heterocycles. The van der Waals surface area contributed by atoms with Gasteiger partial charge >= 0.3 is 26.7 Å². The molecule has 0 aliphatic carbocycles. The molecule has 0 unspecified atom stereocenters. The molecule has 0 amide bonds. The van der Waals surface area contributed by atoms with Gasteiger partial charge < -0.3 is 11.2 Å². The zero-order valence-corrected chi connectivity index (χ0v) is 25.1. The molecule has 2 aromatic rings. The Kier molecular flexibility index (Phi) is 9.64. The van der Waals surface area contributed by atoms with Crippen molar-refractivity contribution < 1.29 is 39.2 Å². The van der Waals surface area contributed by atoms with Gasteiger partial charge in [0.1, 0.15) is 6.10 Å². The average molecular weight is 497 g/mol. The van der Waals surface area contributed by atoms with E-state index in [1.807, 2.05) is 12.1 Å². The van der Waals surface area contributed by atoms with E-state index in [2.05, 4.69) is 107 Å². The van der Waals surface area contributed by atoms with E-state index < -0.39 is 13.9 Å². The molecule has 192 valence electrons. The van der Waals surface area contributed by atoms with E-state index in [0.29, 0.717) is 0 Å². The Balaban J connectivity index is 0.00000612. The summed E-state index contributed by atoms with van der Waals surface area (Å²) in [5.41, 5.74) is 5.38. The first-order valence-corrected chi connectivity index (χ1v) is 13.6. The van der Waals surface area contributed by atoms with E-state index in [4.69, 9.17) is 4.52 Å². The largest absolute Gasteiger partial charge is 1.00 e. The third-order valence-electron chi connectivity index (χ3n) is 6.26. The molecule has 0 aliphatic heterocycles. The molecule has 6 heteroatoms. The number of phosphoric ester groups is 1. The summed E-state index contributed by atoms with van der Waals surface area (Å²) >= 11 is 0. The average Bonchev–Trinajstić information content (AvgIpc) is 2.61. The van der Waals surface area contributed by atoms with Crippen LogP contribution in [-0.4, -0.2) is 9.79 Å². The Labute approximate surface area is 227 Å². The summed E-state index contributed by atoms with van der Waals surface area (Å²) in [6.45, 7) is 25.8. The van der Waals surface area contributed by atoms with Gasteiger partial charge in [-0.25, -0.2) is 4.57 Å². The number of rotatable bonds is 4. The molecule has 4 nitrogen and oxygen atoms in total. The first-order valence-electron chi connectivity index (χ1n) is 12.1. The van der Waals surface area contributed by atoms with Crippen molar-refractivity contribution in [3.05, 3.63) is 69.8 Å². The predicted octanol–water partition coefficient (Wildman–Crippen LogP) is 5.19. The van der Waals surface area contributed by atoms with Crippen molar-refractivity contribution in [2.45, 2.75) is 111 Å². The summed E-state index contributed by atoms with van der Waals surface area (Å²) in [4.78, 5) is 19.9. The summed E-state index contributed by atoms with van der Waals surface area (Å²) in [5, 5.41) is 0. The quantitative estimate of drug-likeness (QED) is 0.452. The molecule has 0 spiro atoms. The Bertz CT molecular complexity index is 1000. The maximum absolute atomic E-state index is 12.2. The molecule has 0 aliphatic rings. The van der Waals surface area contributed by atoms with Crippen LogP contribution in [-0.2, 0) is 30.7 Å². The smallest absolute Gasteiger partial charge is 1.00 e. The van der Waals surface area contributed by atoms with Gasteiger partial charge in [-0.2, -0.15) is 0 Å². The van der Waals surface area contributed by atoms with Gasteiger partial charge in [0.25, 0.3) is 0 Å². The fourth-order valence-corrected chi connectivity index (χ4v) is 4.72. The Morgan fingerprint density at radius 3 is 1.20 bits per heavy atom. The van der Waals surface area contributed by atoms with Crippen LogP contribution in [0.3, 0.4) is 0 Å². The molecular formula is C29H46LiO4P. The summed E-state index contributed by atoms with van der Waals surface area (Å²) in [6, 6.07) is 12.4. The van der Waals surface area contributed by atoms with Gasteiger partial charge in [0.2, 0.25) is 0 Å². The van der Waals surface area contributed by atoms with Crippen molar-refractivity contribution in [3.63, 3.8) is 0 Å². The van der Waals surface area contributed by atoms with E-state index in [9.17, 15) is 14.4 Å². The van der Waals surface area contributed by atoms with Gasteiger partial charge in [-0.1, -0.05) is 119 Å². The molecule has 0 radical (unpaired) electrons. The van der Waals surface area contributed by atoms with Crippen LogP contribution in [0, 0.1) is 0 Å².